The number of fused-ring (bicyclic) bond motifs is 2. The van der Waals surface area contributed by atoms with E-state index in [2.05, 4.69) is 5.92 Å². The van der Waals surface area contributed by atoms with Gasteiger partial charge in [0.1, 0.15) is 13.2 Å². The molecule has 1 aliphatic rings. The van der Waals surface area contributed by atoms with E-state index in [1.54, 1.807) is 28.8 Å². The van der Waals surface area contributed by atoms with Gasteiger partial charge in [0.2, 0.25) is 5.43 Å². The van der Waals surface area contributed by atoms with Gasteiger partial charge in [-0.25, -0.2) is 0 Å². The Bertz CT molecular complexity index is 1150. The van der Waals surface area contributed by atoms with Crippen molar-refractivity contribution in [2.45, 2.75) is 13.5 Å². The van der Waals surface area contributed by atoms with E-state index >= 15 is 0 Å². The SMILES string of the molecule is C#CCn1cc(C(=O)c2ccc(C)cc2)c(=O)c2cc3c(cc21)OCCO3. The van der Waals surface area contributed by atoms with Crippen LogP contribution in [-0.2, 0) is 6.54 Å². The molecule has 5 nitrogen and oxygen atoms in total. The van der Waals surface area contributed by atoms with Crippen LogP contribution in [0.5, 0.6) is 11.5 Å². The molecule has 0 spiro atoms. The van der Waals surface area contributed by atoms with Gasteiger partial charge in [0.05, 0.1) is 23.0 Å². The van der Waals surface area contributed by atoms with Gasteiger partial charge in [-0.1, -0.05) is 35.7 Å². The summed E-state index contributed by atoms with van der Waals surface area (Å²) in [5.41, 5.74) is 1.85. The predicted molar refractivity (Wildman–Crippen MR) is 103 cm³/mol. The number of rotatable bonds is 3. The Morgan fingerprint density at radius 3 is 2.48 bits per heavy atom. The molecule has 0 saturated heterocycles. The number of carbonyl (C=O) groups is 1. The molecule has 0 fully saturated rings. The molecule has 5 heteroatoms. The topological polar surface area (TPSA) is 57.5 Å². The molecule has 0 amide bonds. The summed E-state index contributed by atoms with van der Waals surface area (Å²) in [4.78, 5) is 26.0. The molecule has 3 aromatic rings. The second kappa shape index (κ2) is 6.65. The molecule has 0 atom stereocenters. The Kier molecular flexibility index (Phi) is 4.17. The molecule has 27 heavy (non-hydrogen) atoms. The van der Waals surface area contributed by atoms with E-state index in [0.717, 1.165) is 5.56 Å². The minimum Gasteiger partial charge on any atom is -0.486 e. The highest BCUT2D eigenvalue weighted by atomic mass is 16.6. The Balaban J connectivity index is 1.95. The highest BCUT2D eigenvalue weighted by molar-refractivity contribution is 6.10. The number of ether oxygens (including phenoxy) is 2. The summed E-state index contributed by atoms with van der Waals surface area (Å²) in [6.45, 7) is 3.03. The summed E-state index contributed by atoms with van der Waals surface area (Å²) >= 11 is 0. The maximum atomic E-state index is 13.1. The minimum absolute atomic E-state index is 0.0817. The molecule has 4 rings (SSSR count). The first kappa shape index (κ1) is 16.9. The van der Waals surface area contributed by atoms with Gasteiger partial charge in [0.15, 0.2) is 17.3 Å². The van der Waals surface area contributed by atoms with Crippen LogP contribution in [-0.4, -0.2) is 23.6 Å². The Morgan fingerprint density at radius 2 is 1.81 bits per heavy atom. The maximum Gasteiger partial charge on any atom is 0.200 e. The van der Waals surface area contributed by atoms with Gasteiger partial charge in [-0.15, -0.1) is 6.42 Å². The molecule has 0 radical (unpaired) electrons. The molecule has 1 aromatic heterocycles. The number of hydrogen-bond donors (Lipinski definition) is 0. The quantitative estimate of drug-likeness (QED) is 0.533. The molecule has 2 heterocycles. The normalized spacial score (nSPS) is 12.6. The van der Waals surface area contributed by atoms with E-state index < -0.39 is 0 Å². The lowest BCUT2D eigenvalue weighted by atomic mass is 10.0. The zero-order valence-corrected chi connectivity index (χ0v) is 14.8. The Hall–Kier alpha value is -3.52. The molecule has 1 aliphatic heterocycles. The van der Waals surface area contributed by atoms with Gasteiger partial charge in [0, 0.05) is 17.8 Å². The zero-order valence-electron chi connectivity index (χ0n) is 14.8. The van der Waals surface area contributed by atoms with Gasteiger partial charge in [-0.3, -0.25) is 9.59 Å². The number of ketones is 1. The van der Waals surface area contributed by atoms with E-state index in [-0.39, 0.29) is 23.3 Å². The van der Waals surface area contributed by atoms with Crippen LogP contribution in [0.25, 0.3) is 10.9 Å². The van der Waals surface area contributed by atoms with Crippen LogP contribution in [0.1, 0.15) is 21.5 Å². The second-order valence-corrected chi connectivity index (χ2v) is 6.41. The van der Waals surface area contributed by atoms with Gasteiger partial charge >= 0.3 is 0 Å². The molecule has 0 N–H and O–H groups in total. The molecular weight excluding hydrogens is 342 g/mol. The summed E-state index contributed by atoms with van der Waals surface area (Å²) in [6, 6.07) is 10.5. The number of hydrogen-bond acceptors (Lipinski definition) is 4. The van der Waals surface area contributed by atoms with Crippen molar-refractivity contribution in [3.05, 3.63) is 69.5 Å². The van der Waals surface area contributed by atoms with Crippen molar-refractivity contribution in [2.75, 3.05) is 13.2 Å². The lowest BCUT2D eigenvalue weighted by Crippen LogP contribution is -2.21. The van der Waals surface area contributed by atoms with Crippen molar-refractivity contribution in [3.63, 3.8) is 0 Å². The highest BCUT2D eigenvalue weighted by Gasteiger charge is 2.20. The molecule has 0 unspecified atom stereocenters. The summed E-state index contributed by atoms with van der Waals surface area (Å²) < 4.78 is 12.9. The van der Waals surface area contributed by atoms with Gasteiger partial charge in [-0.05, 0) is 13.0 Å². The first-order valence-corrected chi connectivity index (χ1v) is 8.60. The van der Waals surface area contributed by atoms with E-state index in [9.17, 15) is 9.59 Å². The van der Waals surface area contributed by atoms with Crippen molar-refractivity contribution >= 4 is 16.7 Å². The van der Waals surface area contributed by atoms with Gasteiger partial charge in [-0.2, -0.15) is 0 Å². The van der Waals surface area contributed by atoms with Crippen LogP contribution in [0.15, 0.2) is 47.4 Å². The average Bonchev–Trinajstić information content (AvgIpc) is 2.69. The zero-order chi connectivity index (χ0) is 19.0. The molecule has 0 aliphatic carbocycles. The standard InChI is InChI=1S/C22H17NO4/c1-3-8-23-13-17(21(24)15-6-4-14(2)5-7-15)22(25)16-11-19-20(12-18(16)23)27-10-9-26-19/h1,4-7,11-13H,8-10H2,2H3. The fraction of sp³-hybridized carbons (Fsp3) is 0.182. The van der Waals surface area contributed by atoms with Crippen molar-refractivity contribution in [3.8, 4) is 23.8 Å². The summed E-state index contributed by atoms with van der Waals surface area (Å²) in [6.07, 6.45) is 7.02. The maximum absolute atomic E-state index is 13.1. The summed E-state index contributed by atoms with van der Waals surface area (Å²) in [5.74, 6) is 3.30. The molecular formula is C22H17NO4. The third-order valence-electron chi connectivity index (χ3n) is 4.56. The number of aromatic nitrogens is 1. The number of carbonyl (C=O) groups excluding carboxylic acids is 1. The number of aryl methyl sites for hydroxylation is 1. The van der Waals surface area contributed by atoms with Crippen molar-refractivity contribution in [1.82, 2.24) is 4.57 Å². The first-order valence-electron chi connectivity index (χ1n) is 8.60. The van der Waals surface area contributed by atoms with Crippen molar-refractivity contribution < 1.29 is 14.3 Å². The number of benzene rings is 2. The lowest BCUT2D eigenvalue weighted by Gasteiger charge is -2.20. The summed E-state index contributed by atoms with van der Waals surface area (Å²) in [5, 5.41) is 0.382. The number of pyridine rings is 1. The van der Waals surface area contributed by atoms with Crippen LogP contribution in [0, 0.1) is 19.3 Å². The van der Waals surface area contributed by atoms with E-state index in [4.69, 9.17) is 15.9 Å². The largest absolute Gasteiger partial charge is 0.486 e. The molecule has 0 bridgehead atoms. The highest BCUT2D eigenvalue weighted by Crippen LogP contribution is 2.33. The number of nitrogens with zero attached hydrogens (tertiary/aromatic N) is 1. The fourth-order valence-corrected chi connectivity index (χ4v) is 3.18. The van der Waals surface area contributed by atoms with Crippen LogP contribution in [0.4, 0.5) is 0 Å². The van der Waals surface area contributed by atoms with Crippen LogP contribution < -0.4 is 14.9 Å². The lowest BCUT2D eigenvalue weighted by molar-refractivity contribution is 0.103. The van der Waals surface area contributed by atoms with E-state index in [1.807, 2.05) is 19.1 Å². The predicted octanol–water partition coefficient (Wildman–Crippen LogP) is 2.95. The van der Waals surface area contributed by atoms with Crippen LogP contribution >= 0.6 is 0 Å². The first-order chi connectivity index (χ1) is 13.1. The van der Waals surface area contributed by atoms with E-state index in [1.165, 1.54) is 6.20 Å². The van der Waals surface area contributed by atoms with Crippen molar-refractivity contribution in [1.29, 1.82) is 0 Å². The fourth-order valence-electron chi connectivity index (χ4n) is 3.18. The van der Waals surface area contributed by atoms with E-state index in [0.29, 0.717) is 41.2 Å². The molecule has 134 valence electrons. The van der Waals surface area contributed by atoms with Crippen LogP contribution in [0.2, 0.25) is 0 Å². The third kappa shape index (κ3) is 2.96. The monoisotopic (exact) mass is 359 g/mol. The molecule has 2 aromatic carbocycles. The minimum atomic E-state index is -0.346. The van der Waals surface area contributed by atoms with Crippen molar-refractivity contribution in [2.24, 2.45) is 0 Å². The Labute approximate surface area is 156 Å². The molecule has 0 saturated carbocycles. The second-order valence-electron chi connectivity index (χ2n) is 6.41. The van der Waals surface area contributed by atoms with Gasteiger partial charge < -0.3 is 14.0 Å². The third-order valence-corrected chi connectivity index (χ3v) is 4.56. The average molecular weight is 359 g/mol. The smallest absolute Gasteiger partial charge is 0.200 e. The van der Waals surface area contributed by atoms with Crippen LogP contribution in [0.3, 0.4) is 0 Å². The summed E-state index contributed by atoms with van der Waals surface area (Å²) in [7, 11) is 0. The number of terminal acetylenes is 1. The Morgan fingerprint density at radius 1 is 1.15 bits per heavy atom. The van der Waals surface area contributed by atoms with Gasteiger partial charge in [0.25, 0.3) is 0 Å².